The van der Waals surface area contributed by atoms with Crippen LogP contribution in [-0.2, 0) is 32.2 Å². The summed E-state index contributed by atoms with van der Waals surface area (Å²) >= 11 is 0. The van der Waals surface area contributed by atoms with Crippen LogP contribution in [-0.4, -0.2) is 59.8 Å². The van der Waals surface area contributed by atoms with Crippen LogP contribution in [0.15, 0.2) is 84.9 Å². The average Bonchev–Trinajstić information content (AvgIpc) is 3.17. The second kappa shape index (κ2) is 10.7. The minimum absolute atomic E-state index is 0.143. The Balaban J connectivity index is 1.44. The fourth-order valence-corrected chi connectivity index (χ4v) is 4.60. The average molecular weight is 490 g/mol. The summed E-state index contributed by atoms with van der Waals surface area (Å²) < 4.78 is 23.6. The minimum atomic E-state index is -1.31. The summed E-state index contributed by atoms with van der Waals surface area (Å²) in [5.74, 6) is -0.981. The zero-order valence-electron chi connectivity index (χ0n) is 19.7. The lowest BCUT2D eigenvalue weighted by Gasteiger charge is -2.46. The van der Waals surface area contributed by atoms with Crippen LogP contribution in [0.1, 0.15) is 31.8 Å². The maximum absolute atomic E-state index is 13.3. The molecule has 3 aromatic carbocycles. The molecule has 1 N–H and O–H groups in total. The lowest BCUT2D eigenvalue weighted by molar-refractivity contribution is -0.338. The molecule has 2 aliphatic rings. The molecule has 2 amide bonds. The van der Waals surface area contributed by atoms with Gasteiger partial charge in [-0.2, -0.15) is 0 Å². The van der Waals surface area contributed by atoms with E-state index in [2.05, 4.69) is 0 Å². The summed E-state index contributed by atoms with van der Waals surface area (Å²) in [5, 5.41) is 11.3. The van der Waals surface area contributed by atoms with Crippen LogP contribution in [0.2, 0.25) is 0 Å². The SMILES string of the molecule is COC1OC(OCc2ccccc2)C(O)C(OCc2ccccc2)C1N1C(=O)c2ccccc2C1=O. The lowest BCUT2D eigenvalue weighted by atomic mass is 9.98. The third-order valence-electron chi connectivity index (χ3n) is 6.40. The van der Waals surface area contributed by atoms with Crippen LogP contribution in [0.25, 0.3) is 0 Å². The number of aliphatic hydroxyl groups is 1. The van der Waals surface area contributed by atoms with Crippen LogP contribution in [0.3, 0.4) is 0 Å². The Morgan fingerprint density at radius 1 is 0.750 bits per heavy atom. The van der Waals surface area contributed by atoms with E-state index in [1.165, 1.54) is 7.11 Å². The van der Waals surface area contributed by atoms with Crippen molar-refractivity contribution in [3.05, 3.63) is 107 Å². The summed E-state index contributed by atoms with van der Waals surface area (Å²) in [7, 11) is 1.41. The van der Waals surface area contributed by atoms with Crippen LogP contribution in [0.4, 0.5) is 0 Å². The number of rotatable bonds is 8. The first kappa shape index (κ1) is 24.3. The van der Waals surface area contributed by atoms with Crippen molar-refractivity contribution in [2.75, 3.05) is 7.11 Å². The fourth-order valence-electron chi connectivity index (χ4n) is 4.60. The maximum atomic E-state index is 13.3. The molecule has 5 unspecified atom stereocenters. The third kappa shape index (κ3) is 4.69. The largest absolute Gasteiger partial charge is 0.385 e. The molecule has 3 aromatic rings. The molecule has 8 heteroatoms. The van der Waals surface area contributed by atoms with Gasteiger partial charge < -0.3 is 24.1 Å². The maximum Gasteiger partial charge on any atom is 0.262 e. The number of nitrogens with zero attached hydrogens (tertiary/aromatic N) is 1. The van der Waals surface area contributed by atoms with E-state index in [4.69, 9.17) is 18.9 Å². The fraction of sp³-hybridized carbons (Fsp3) is 0.286. The van der Waals surface area contributed by atoms with E-state index in [1.807, 2.05) is 60.7 Å². The van der Waals surface area contributed by atoms with Gasteiger partial charge in [0.15, 0.2) is 12.6 Å². The number of fused-ring (bicyclic) bond motifs is 1. The van der Waals surface area contributed by atoms with Crippen molar-refractivity contribution in [2.24, 2.45) is 0 Å². The number of amides is 2. The van der Waals surface area contributed by atoms with Gasteiger partial charge in [-0.25, -0.2) is 0 Å². The predicted molar refractivity (Wildman–Crippen MR) is 129 cm³/mol. The van der Waals surface area contributed by atoms with Crippen molar-refractivity contribution in [3.63, 3.8) is 0 Å². The number of hydrogen-bond acceptors (Lipinski definition) is 7. The lowest BCUT2D eigenvalue weighted by Crippen LogP contribution is -2.66. The van der Waals surface area contributed by atoms with Gasteiger partial charge in [-0.05, 0) is 23.3 Å². The number of carbonyl (C=O) groups excluding carboxylic acids is 2. The molecule has 1 saturated heterocycles. The van der Waals surface area contributed by atoms with Crippen LogP contribution in [0.5, 0.6) is 0 Å². The second-order valence-corrected chi connectivity index (χ2v) is 8.67. The summed E-state index contributed by atoms with van der Waals surface area (Å²) in [5.41, 5.74) is 2.34. The summed E-state index contributed by atoms with van der Waals surface area (Å²) in [6, 6.07) is 24.5. The number of carbonyl (C=O) groups is 2. The molecular formula is C28H27NO7. The molecule has 1 fully saturated rings. The van der Waals surface area contributed by atoms with Crippen molar-refractivity contribution in [2.45, 2.75) is 44.0 Å². The molecule has 2 aliphatic heterocycles. The number of methoxy groups -OCH3 is 1. The Labute approximate surface area is 209 Å². The van der Waals surface area contributed by atoms with Crippen molar-refractivity contribution in [1.82, 2.24) is 4.90 Å². The van der Waals surface area contributed by atoms with Gasteiger partial charge in [0.2, 0.25) is 0 Å². The van der Waals surface area contributed by atoms with Gasteiger partial charge in [-0.3, -0.25) is 14.5 Å². The molecule has 0 aromatic heterocycles. The normalized spacial score (nSPS) is 25.7. The van der Waals surface area contributed by atoms with Gasteiger partial charge in [-0.15, -0.1) is 0 Å². The minimum Gasteiger partial charge on any atom is -0.385 e. The molecule has 0 radical (unpaired) electrons. The number of ether oxygens (including phenoxy) is 4. The summed E-state index contributed by atoms with van der Waals surface area (Å²) in [6.45, 7) is 0.326. The van der Waals surface area contributed by atoms with E-state index in [0.717, 1.165) is 16.0 Å². The number of hydrogen-bond donors (Lipinski definition) is 1. The number of benzene rings is 3. The first-order chi connectivity index (χ1) is 17.6. The van der Waals surface area contributed by atoms with Crippen LogP contribution >= 0.6 is 0 Å². The Morgan fingerprint density at radius 3 is 1.78 bits per heavy atom. The quantitative estimate of drug-likeness (QED) is 0.486. The molecule has 0 spiro atoms. The van der Waals surface area contributed by atoms with E-state index < -0.39 is 42.6 Å². The van der Waals surface area contributed by atoms with Crippen molar-refractivity contribution >= 4 is 11.8 Å². The first-order valence-electron chi connectivity index (χ1n) is 11.7. The van der Waals surface area contributed by atoms with Gasteiger partial charge in [0, 0.05) is 7.11 Å². The highest BCUT2D eigenvalue weighted by atomic mass is 16.8. The topological polar surface area (TPSA) is 94.5 Å². The Kier molecular flexibility index (Phi) is 7.22. The molecule has 36 heavy (non-hydrogen) atoms. The van der Waals surface area contributed by atoms with Crippen LogP contribution in [0, 0.1) is 0 Å². The first-order valence-corrected chi connectivity index (χ1v) is 11.7. The van der Waals surface area contributed by atoms with E-state index in [-0.39, 0.29) is 24.3 Å². The highest BCUT2D eigenvalue weighted by Crippen LogP contribution is 2.34. The van der Waals surface area contributed by atoms with E-state index in [1.54, 1.807) is 24.3 Å². The molecule has 2 heterocycles. The molecule has 0 aliphatic carbocycles. The Hall–Kier alpha value is -3.40. The summed E-state index contributed by atoms with van der Waals surface area (Å²) in [4.78, 5) is 27.7. The highest BCUT2D eigenvalue weighted by molar-refractivity contribution is 6.21. The number of imide groups is 1. The van der Waals surface area contributed by atoms with Gasteiger partial charge in [0.05, 0.1) is 24.3 Å². The molecule has 186 valence electrons. The van der Waals surface area contributed by atoms with Crippen molar-refractivity contribution in [1.29, 1.82) is 0 Å². The monoisotopic (exact) mass is 489 g/mol. The standard InChI is InChI=1S/C28H27NO7/c1-33-27-22(29-25(31)20-14-8-9-15-21(20)26(29)32)24(34-16-18-10-4-2-5-11-18)23(30)28(36-27)35-17-19-12-6-3-7-13-19/h2-15,22-24,27-28,30H,16-17H2,1H3. The van der Waals surface area contributed by atoms with E-state index in [9.17, 15) is 14.7 Å². The van der Waals surface area contributed by atoms with Gasteiger partial charge in [0.25, 0.3) is 11.8 Å². The smallest absolute Gasteiger partial charge is 0.262 e. The molecule has 0 bridgehead atoms. The molecule has 0 saturated carbocycles. The van der Waals surface area contributed by atoms with Crippen LogP contribution < -0.4 is 0 Å². The van der Waals surface area contributed by atoms with Crippen molar-refractivity contribution in [3.8, 4) is 0 Å². The third-order valence-corrected chi connectivity index (χ3v) is 6.40. The van der Waals surface area contributed by atoms with E-state index >= 15 is 0 Å². The zero-order valence-corrected chi connectivity index (χ0v) is 19.7. The van der Waals surface area contributed by atoms with Gasteiger partial charge >= 0.3 is 0 Å². The Morgan fingerprint density at radius 2 is 1.25 bits per heavy atom. The molecule has 5 atom stereocenters. The molecule has 5 rings (SSSR count). The molecule has 8 nitrogen and oxygen atoms in total. The number of aliphatic hydroxyl groups excluding tert-OH is 1. The zero-order chi connectivity index (χ0) is 25.1. The predicted octanol–water partition coefficient (Wildman–Crippen LogP) is 3.14. The van der Waals surface area contributed by atoms with E-state index in [0.29, 0.717) is 0 Å². The highest BCUT2D eigenvalue weighted by Gasteiger charge is 2.54. The second-order valence-electron chi connectivity index (χ2n) is 8.67. The van der Waals surface area contributed by atoms with Crippen molar-refractivity contribution < 1.29 is 33.6 Å². The van der Waals surface area contributed by atoms with Gasteiger partial charge in [0.1, 0.15) is 18.2 Å². The summed E-state index contributed by atoms with van der Waals surface area (Å²) in [6.07, 6.45) is -4.54. The molecular weight excluding hydrogens is 462 g/mol. The van der Waals surface area contributed by atoms with Gasteiger partial charge in [-0.1, -0.05) is 72.8 Å². The Bertz CT molecular complexity index is 1170.